The summed E-state index contributed by atoms with van der Waals surface area (Å²) in [5.41, 5.74) is -0.644. The van der Waals surface area contributed by atoms with Gasteiger partial charge in [0.1, 0.15) is 5.82 Å². The first-order valence-electron chi connectivity index (χ1n) is 5.63. The molecular formula is C12H10FN3O4S. The number of benzene rings is 1. The van der Waals surface area contributed by atoms with E-state index < -0.39 is 32.3 Å². The first-order valence-corrected chi connectivity index (χ1v) is 7.12. The summed E-state index contributed by atoms with van der Waals surface area (Å²) in [6.45, 7) is 1.24. The normalized spacial score (nSPS) is 11.1. The van der Waals surface area contributed by atoms with Gasteiger partial charge in [0.15, 0.2) is 5.82 Å². The van der Waals surface area contributed by atoms with E-state index in [0.29, 0.717) is 0 Å². The second kappa shape index (κ2) is 5.44. The molecule has 21 heavy (non-hydrogen) atoms. The van der Waals surface area contributed by atoms with Crippen LogP contribution in [0.1, 0.15) is 15.9 Å². The fourth-order valence-corrected chi connectivity index (χ4v) is 2.87. The van der Waals surface area contributed by atoms with Gasteiger partial charge < -0.3 is 5.11 Å². The van der Waals surface area contributed by atoms with Crippen LogP contribution >= 0.6 is 0 Å². The zero-order valence-corrected chi connectivity index (χ0v) is 11.6. The third-order valence-corrected chi connectivity index (χ3v) is 4.12. The lowest BCUT2D eigenvalue weighted by Crippen LogP contribution is -2.17. The van der Waals surface area contributed by atoms with Gasteiger partial charge >= 0.3 is 5.97 Å². The first kappa shape index (κ1) is 14.9. The maximum atomic E-state index is 13.7. The number of anilines is 1. The lowest BCUT2D eigenvalue weighted by molar-refractivity contribution is 0.0696. The second-order valence-corrected chi connectivity index (χ2v) is 5.73. The summed E-state index contributed by atoms with van der Waals surface area (Å²) in [7, 11) is -4.18. The average Bonchev–Trinajstić information content (AvgIpc) is 2.41. The Hall–Kier alpha value is -2.55. The van der Waals surface area contributed by atoms with Gasteiger partial charge in [-0.3, -0.25) is 9.71 Å². The summed E-state index contributed by atoms with van der Waals surface area (Å²) < 4.78 is 40.2. The van der Waals surface area contributed by atoms with Crippen LogP contribution in [-0.4, -0.2) is 29.5 Å². The topological polar surface area (TPSA) is 109 Å². The highest BCUT2D eigenvalue weighted by molar-refractivity contribution is 7.92. The minimum atomic E-state index is -4.18. The molecular weight excluding hydrogens is 301 g/mol. The molecule has 0 aliphatic rings. The van der Waals surface area contributed by atoms with Gasteiger partial charge in [-0.2, -0.15) is 0 Å². The van der Waals surface area contributed by atoms with E-state index >= 15 is 0 Å². The lowest BCUT2D eigenvalue weighted by atomic mass is 10.1. The number of sulfonamides is 1. The van der Waals surface area contributed by atoms with Crippen molar-refractivity contribution in [3.8, 4) is 0 Å². The van der Waals surface area contributed by atoms with Crippen LogP contribution in [0.3, 0.4) is 0 Å². The third-order valence-electron chi connectivity index (χ3n) is 2.64. The van der Waals surface area contributed by atoms with Crippen LogP contribution in [-0.2, 0) is 10.0 Å². The molecule has 0 fully saturated rings. The fourth-order valence-electron chi connectivity index (χ4n) is 1.60. The number of hydrogen-bond donors (Lipinski definition) is 2. The van der Waals surface area contributed by atoms with E-state index in [0.717, 1.165) is 12.1 Å². The Balaban J connectivity index is 2.52. The van der Waals surface area contributed by atoms with Crippen molar-refractivity contribution in [1.82, 2.24) is 9.97 Å². The highest BCUT2D eigenvalue weighted by atomic mass is 32.2. The van der Waals surface area contributed by atoms with E-state index in [1.54, 1.807) is 0 Å². The standard InChI is InChI=1S/C12H10FN3O4S/c1-7-9(13)4-8(12(17)18)5-10(7)21(19,20)16-11-6-14-2-3-15-11/h2-6H,1H3,(H,15,16)(H,17,18). The average molecular weight is 311 g/mol. The van der Waals surface area contributed by atoms with E-state index in [2.05, 4.69) is 14.7 Å². The molecule has 0 spiro atoms. The van der Waals surface area contributed by atoms with Crippen LogP contribution in [0.25, 0.3) is 0 Å². The van der Waals surface area contributed by atoms with E-state index in [-0.39, 0.29) is 11.4 Å². The summed E-state index contributed by atoms with van der Waals surface area (Å²) in [6, 6.07) is 1.65. The van der Waals surface area contributed by atoms with Gasteiger partial charge in [-0.05, 0) is 19.1 Å². The smallest absolute Gasteiger partial charge is 0.335 e. The summed E-state index contributed by atoms with van der Waals surface area (Å²) in [5.74, 6) is -2.41. The number of nitrogens with one attached hydrogen (secondary N) is 1. The van der Waals surface area contributed by atoms with Crippen molar-refractivity contribution in [3.63, 3.8) is 0 Å². The maximum Gasteiger partial charge on any atom is 0.335 e. The minimum absolute atomic E-state index is 0.0574. The number of carbonyl (C=O) groups is 1. The highest BCUT2D eigenvalue weighted by Gasteiger charge is 2.22. The molecule has 9 heteroatoms. The Morgan fingerprint density at radius 3 is 2.62 bits per heavy atom. The summed E-state index contributed by atoms with van der Waals surface area (Å²) >= 11 is 0. The van der Waals surface area contributed by atoms with Crippen molar-refractivity contribution >= 4 is 21.8 Å². The molecule has 0 radical (unpaired) electrons. The molecule has 0 amide bonds. The van der Waals surface area contributed by atoms with E-state index in [1.165, 1.54) is 25.5 Å². The van der Waals surface area contributed by atoms with Gasteiger partial charge in [0.25, 0.3) is 10.0 Å². The summed E-state index contributed by atoms with van der Waals surface area (Å²) in [4.78, 5) is 17.9. The van der Waals surface area contributed by atoms with Crippen molar-refractivity contribution in [3.05, 3.63) is 47.7 Å². The van der Waals surface area contributed by atoms with E-state index in [4.69, 9.17) is 5.11 Å². The molecule has 1 aromatic heterocycles. The molecule has 0 unspecified atom stereocenters. The van der Waals surface area contributed by atoms with Crippen molar-refractivity contribution in [1.29, 1.82) is 0 Å². The molecule has 0 saturated heterocycles. The van der Waals surface area contributed by atoms with Crippen LogP contribution in [0, 0.1) is 12.7 Å². The van der Waals surface area contributed by atoms with E-state index in [1.807, 2.05) is 0 Å². The van der Waals surface area contributed by atoms with Gasteiger partial charge in [-0.15, -0.1) is 0 Å². The fraction of sp³-hybridized carbons (Fsp3) is 0.0833. The predicted octanol–water partition coefficient (Wildman–Crippen LogP) is 1.42. The Kier molecular flexibility index (Phi) is 3.85. The molecule has 0 saturated carbocycles. The highest BCUT2D eigenvalue weighted by Crippen LogP contribution is 2.22. The monoisotopic (exact) mass is 311 g/mol. The van der Waals surface area contributed by atoms with Crippen molar-refractivity contribution in [2.75, 3.05) is 4.72 Å². The van der Waals surface area contributed by atoms with Gasteiger partial charge in [0.2, 0.25) is 0 Å². The molecule has 2 N–H and O–H groups in total. The lowest BCUT2D eigenvalue weighted by Gasteiger charge is -2.11. The maximum absolute atomic E-state index is 13.7. The van der Waals surface area contributed by atoms with Crippen LogP contribution in [0.4, 0.5) is 10.2 Å². The van der Waals surface area contributed by atoms with Crippen LogP contribution < -0.4 is 4.72 Å². The Morgan fingerprint density at radius 1 is 1.33 bits per heavy atom. The minimum Gasteiger partial charge on any atom is -0.478 e. The molecule has 1 heterocycles. The Bertz CT molecular complexity index is 794. The van der Waals surface area contributed by atoms with Crippen molar-refractivity contribution in [2.24, 2.45) is 0 Å². The molecule has 7 nitrogen and oxygen atoms in total. The molecule has 0 aliphatic heterocycles. The summed E-state index contributed by atoms with van der Waals surface area (Å²) in [5, 5.41) is 8.88. The zero-order valence-electron chi connectivity index (χ0n) is 10.7. The summed E-state index contributed by atoms with van der Waals surface area (Å²) in [6.07, 6.45) is 3.80. The first-order chi connectivity index (χ1) is 9.81. The molecule has 0 atom stereocenters. The largest absolute Gasteiger partial charge is 0.478 e. The number of carboxylic acid groups (broad SMARTS) is 1. The van der Waals surface area contributed by atoms with Gasteiger partial charge in [-0.1, -0.05) is 0 Å². The quantitative estimate of drug-likeness (QED) is 0.884. The molecule has 110 valence electrons. The van der Waals surface area contributed by atoms with Crippen LogP contribution in [0.5, 0.6) is 0 Å². The van der Waals surface area contributed by atoms with Crippen molar-refractivity contribution in [2.45, 2.75) is 11.8 Å². The molecule has 0 aliphatic carbocycles. The van der Waals surface area contributed by atoms with Crippen LogP contribution in [0.2, 0.25) is 0 Å². The second-order valence-electron chi connectivity index (χ2n) is 4.08. The number of carboxylic acids is 1. The number of rotatable bonds is 4. The van der Waals surface area contributed by atoms with Gasteiger partial charge in [0.05, 0.1) is 16.7 Å². The molecule has 2 rings (SSSR count). The van der Waals surface area contributed by atoms with E-state index in [9.17, 15) is 17.6 Å². The van der Waals surface area contributed by atoms with Gasteiger partial charge in [0, 0.05) is 18.0 Å². The predicted molar refractivity (Wildman–Crippen MR) is 70.9 cm³/mol. The van der Waals surface area contributed by atoms with Crippen molar-refractivity contribution < 1.29 is 22.7 Å². The number of aromatic nitrogens is 2. The van der Waals surface area contributed by atoms with Gasteiger partial charge in [-0.25, -0.2) is 22.6 Å². The SMILES string of the molecule is Cc1c(F)cc(C(=O)O)cc1S(=O)(=O)Nc1cnccn1. The molecule has 2 aromatic rings. The Morgan fingerprint density at radius 2 is 2.05 bits per heavy atom. The Labute approximate surface area is 119 Å². The zero-order chi connectivity index (χ0) is 15.6. The molecule has 0 bridgehead atoms. The molecule has 1 aromatic carbocycles. The third kappa shape index (κ3) is 3.14. The van der Waals surface area contributed by atoms with Crippen LogP contribution in [0.15, 0.2) is 35.6 Å². The number of halogens is 1. The number of nitrogens with zero attached hydrogens (tertiary/aromatic N) is 2. The number of aromatic carboxylic acids is 1. The number of hydrogen-bond acceptors (Lipinski definition) is 5.